The summed E-state index contributed by atoms with van der Waals surface area (Å²) in [6.45, 7) is 0.396. The minimum atomic E-state index is -2.80. The fourth-order valence-corrected chi connectivity index (χ4v) is 6.65. The van der Waals surface area contributed by atoms with E-state index in [0.29, 0.717) is 13.0 Å². The summed E-state index contributed by atoms with van der Waals surface area (Å²) in [4.78, 5) is 65.5. The lowest BCUT2D eigenvalue weighted by molar-refractivity contribution is -0.133. The van der Waals surface area contributed by atoms with E-state index in [2.05, 4.69) is 21.3 Å². The van der Waals surface area contributed by atoms with Gasteiger partial charge in [-0.25, -0.2) is 13.6 Å². The second kappa shape index (κ2) is 16.6. The second-order valence-electron chi connectivity index (χ2n) is 13.2. The summed E-state index contributed by atoms with van der Waals surface area (Å²) in [6, 6.07) is 18.5. The van der Waals surface area contributed by atoms with Crippen LogP contribution in [0.4, 0.5) is 13.6 Å². The highest BCUT2D eigenvalue weighted by atomic mass is 19.3. The van der Waals surface area contributed by atoms with Gasteiger partial charge in [-0.2, -0.15) is 0 Å². The molecule has 50 heavy (non-hydrogen) atoms. The third kappa shape index (κ3) is 9.99. The number of primary amides is 1. The third-order valence-corrected chi connectivity index (χ3v) is 9.51. The van der Waals surface area contributed by atoms with Crippen molar-refractivity contribution in [3.63, 3.8) is 0 Å². The van der Waals surface area contributed by atoms with Gasteiger partial charge in [-0.15, -0.1) is 0 Å². The summed E-state index contributed by atoms with van der Waals surface area (Å²) in [5, 5.41) is 12.5. The summed E-state index contributed by atoms with van der Waals surface area (Å²) < 4.78 is 33.4. The van der Waals surface area contributed by atoms with E-state index in [4.69, 9.17) is 10.5 Å². The molecule has 1 aliphatic carbocycles. The lowest BCUT2D eigenvalue weighted by atomic mass is 9.82. The van der Waals surface area contributed by atoms with Crippen molar-refractivity contribution >= 4 is 40.5 Å². The number of carbonyl (C=O) groups excluding carboxylic acids is 5. The van der Waals surface area contributed by atoms with Gasteiger partial charge in [-0.3, -0.25) is 19.2 Å². The monoisotopic (exact) mass is 691 g/mol. The molecular formula is C37H43F2N5O6. The molecule has 1 saturated heterocycles. The summed E-state index contributed by atoms with van der Waals surface area (Å²) in [5.74, 6) is -6.20. The highest BCUT2D eigenvalue weighted by Crippen LogP contribution is 2.38. The molecule has 13 heteroatoms. The average Bonchev–Trinajstić information content (AvgIpc) is 3.51. The van der Waals surface area contributed by atoms with Gasteiger partial charge < -0.3 is 31.7 Å². The van der Waals surface area contributed by atoms with Gasteiger partial charge in [0.1, 0.15) is 24.7 Å². The van der Waals surface area contributed by atoms with E-state index in [1.54, 1.807) is 24.3 Å². The van der Waals surface area contributed by atoms with E-state index in [1.165, 1.54) is 0 Å². The van der Waals surface area contributed by atoms with Gasteiger partial charge in [-0.1, -0.05) is 72.8 Å². The lowest BCUT2D eigenvalue weighted by Crippen LogP contribution is -2.57. The van der Waals surface area contributed by atoms with Crippen LogP contribution >= 0.6 is 0 Å². The summed E-state index contributed by atoms with van der Waals surface area (Å²) in [5.41, 5.74) is 7.11. The van der Waals surface area contributed by atoms with Crippen molar-refractivity contribution < 1.29 is 37.5 Å². The van der Waals surface area contributed by atoms with Crippen molar-refractivity contribution in [3.05, 3.63) is 83.9 Å². The fourth-order valence-electron chi connectivity index (χ4n) is 6.65. The van der Waals surface area contributed by atoms with Gasteiger partial charge in [-0.05, 0) is 59.9 Å². The largest absolute Gasteiger partial charge is 0.445 e. The van der Waals surface area contributed by atoms with Crippen molar-refractivity contribution in [1.29, 1.82) is 0 Å². The number of rotatable bonds is 14. The minimum absolute atomic E-state index is 0.0164. The predicted octanol–water partition coefficient (Wildman–Crippen LogP) is 3.87. The molecule has 1 aliphatic heterocycles. The molecule has 6 N–H and O–H groups in total. The standard InChI is InChI=1S/C37H43F2N5O6/c38-37(39)16-13-23(14-17-37)19-30(34(47)42-29(32(40)45)21-27-15-18-41-33(27)46)43-35(48)31(44-36(49)50-22-24-7-2-1-3-8-24)20-26-11-6-10-25-9-4-5-12-28(25)26/h1-12,23,27,29-31H,13-22H2,(H2,40,45)(H,41,46)(H,42,47)(H,43,48)(H,44,49)/t27-,29-,30?,31-/m0/s1. The van der Waals surface area contributed by atoms with Crippen LogP contribution in [0, 0.1) is 11.8 Å². The maximum atomic E-state index is 14.1. The number of alkyl halides is 2. The van der Waals surface area contributed by atoms with Gasteiger partial charge in [0.2, 0.25) is 29.6 Å². The van der Waals surface area contributed by atoms with Crippen molar-refractivity contribution in [3.8, 4) is 0 Å². The average molecular weight is 692 g/mol. The maximum Gasteiger partial charge on any atom is 0.408 e. The normalized spacial score (nSPS) is 19.1. The molecule has 1 unspecified atom stereocenters. The van der Waals surface area contributed by atoms with Gasteiger partial charge in [0, 0.05) is 31.7 Å². The van der Waals surface area contributed by atoms with Crippen LogP contribution in [0.2, 0.25) is 0 Å². The fraction of sp³-hybridized carbons (Fsp3) is 0.432. The SMILES string of the molecule is NC(=O)[C@H](C[C@@H]1CCNC1=O)NC(=O)C(CC1CCC(F)(F)CC1)NC(=O)[C@H](Cc1cccc2ccccc12)NC(=O)OCc1ccccc1. The Balaban J connectivity index is 1.36. The highest BCUT2D eigenvalue weighted by molar-refractivity contribution is 5.94. The topological polar surface area (TPSA) is 169 Å². The summed E-state index contributed by atoms with van der Waals surface area (Å²) in [6.07, 6.45) is -0.777. The Kier molecular flexibility index (Phi) is 12.0. The minimum Gasteiger partial charge on any atom is -0.445 e. The van der Waals surface area contributed by atoms with Gasteiger partial charge in [0.15, 0.2) is 0 Å². The first-order valence-corrected chi connectivity index (χ1v) is 17.0. The van der Waals surface area contributed by atoms with E-state index < -0.39 is 53.8 Å². The van der Waals surface area contributed by atoms with Crippen LogP contribution in [0.3, 0.4) is 0 Å². The van der Waals surface area contributed by atoms with Crippen LogP contribution in [-0.2, 0) is 36.9 Å². The Morgan fingerprint density at radius 1 is 0.820 bits per heavy atom. The number of halogens is 2. The molecule has 1 saturated carbocycles. The lowest BCUT2D eigenvalue weighted by Gasteiger charge is -2.32. The number of amides is 5. The number of fused-ring (bicyclic) bond motifs is 1. The third-order valence-electron chi connectivity index (χ3n) is 9.51. The molecule has 5 rings (SSSR count). The number of hydrogen-bond donors (Lipinski definition) is 5. The van der Waals surface area contributed by atoms with Crippen molar-refractivity contribution in [2.45, 2.75) is 82.0 Å². The van der Waals surface area contributed by atoms with E-state index >= 15 is 0 Å². The first-order valence-electron chi connectivity index (χ1n) is 17.0. The molecule has 5 amide bonds. The van der Waals surface area contributed by atoms with Crippen LogP contribution < -0.4 is 27.0 Å². The van der Waals surface area contributed by atoms with Crippen LogP contribution in [0.25, 0.3) is 10.8 Å². The van der Waals surface area contributed by atoms with Crippen molar-refractivity contribution in [2.24, 2.45) is 17.6 Å². The number of nitrogens with one attached hydrogen (secondary N) is 4. The molecule has 3 aromatic carbocycles. The zero-order valence-corrected chi connectivity index (χ0v) is 27.7. The molecule has 0 aromatic heterocycles. The number of alkyl carbamates (subject to hydrolysis) is 1. The smallest absolute Gasteiger partial charge is 0.408 e. The molecule has 0 bridgehead atoms. The molecule has 4 atom stereocenters. The van der Waals surface area contributed by atoms with E-state index in [0.717, 1.165) is 21.9 Å². The molecule has 3 aromatic rings. The first-order chi connectivity index (χ1) is 24.0. The van der Waals surface area contributed by atoms with E-state index in [1.807, 2.05) is 48.5 Å². The molecule has 11 nitrogen and oxygen atoms in total. The molecule has 2 aliphatic rings. The zero-order chi connectivity index (χ0) is 35.7. The predicted molar refractivity (Wildman–Crippen MR) is 182 cm³/mol. The van der Waals surface area contributed by atoms with Crippen molar-refractivity contribution in [2.75, 3.05) is 6.54 Å². The molecule has 0 radical (unpaired) electrons. The molecule has 1 heterocycles. The Bertz CT molecular complexity index is 1670. The number of ether oxygens (including phenoxy) is 1. The number of hydrogen-bond acceptors (Lipinski definition) is 6. The van der Waals surface area contributed by atoms with Gasteiger partial charge in [0.25, 0.3) is 0 Å². The van der Waals surface area contributed by atoms with Gasteiger partial charge >= 0.3 is 6.09 Å². The second-order valence-corrected chi connectivity index (χ2v) is 13.2. The summed E-state index contributed by atoms with van der Waals surface area (Å²) >= 11 is 0. The Hall–Kier alpha value is -5.07. The quantitative estimate of drug-likeness (QED) is 0.172. The Labute approximate surface area is 289 Å². The highest BCUT2D eigenvalue weighted by Gasteiger charge is 2.38. The number of benzene rings is 3. The zero-order valence-electron chi connectivity index (χ0n) is 27.7. The van der Waals surface area contributed by atoms with Gasteiger partial charge in [0.05, 0.1) is 0 Å². The first kappa shape index (κ1) is 36.2. The van der Waals surface area contributed by atoms with Crippen LogP contribution in [-0.4, -0.2) is 60.3 Å². The van der Waals surface area contributed by atoms with Crippen LogP contribution in [0.1, 0.15) is 56.1 Å². The van der Waals surface area contributed by atoms with E-state index in [-0.39, 0.29) is 63.4 Å². The van der Waals surface area contributed by atoms with Crippen molar-refractivity contribution in [1.82, 2.24) is 21.3 Å². The molecular weight excluding hydrogens is 648 g/mol. The van der Waals surface area contributed by atoms with Crippen LogP contribution in [0.5, 0.6) is 0 Å². The maximum absolute atomic E-state index is 14.1. The van der Waals surface area contributed by atoms with Crippen LogP contribution in [0.15, 0.2) is 72.8 Å². The molecule has 0 spiro atoms. The number of nitrogens with two attached hydrogens (primary N) is 1. The number of carbonyl (C=O) groups is 5. The Morgan fingerprint density at radius 3 is 2.18 bits per heavy atom. The summed E-state index contributed by atoms with van der Waals surface area (Å²) in [7, 11) is 0. The molecule has 2 fully saturated rings. The molecule has 266 valence electrons. The van der Waals surface area contributed by atoms with E-state index in [9.17, 15) is 32.8 Å². The Morgan fingerprint density at radius 2 is 1.48 bits per heavy atom.